The third-order valence-corrected chi connectivity index (χ3v) is 6.32. The molecule has 0 aromatic heterocycles. The largest absolute Gasteiger partial charge is 0.383 e. The Kier molecular flexibility index (Phi) is 9.31. The number of piperidine rings is 1. The molecule has 1 N–H and O–H groups in total. The Labute approximate surface area is 170 Å². The number of ether oxygens (including phenoxy) is 3. The quantitative estimate of drug-likeness (QED) is 0.498. The van der Waals surface area contributed by atoms with Crippen LogP contribution in [0.4, 0.5) is 0 Å². The minimum Gasteiger partial charge on any atom is -0.383 e. The van der Waals surface area contributed by atoms with E-state index in [2.05, 4.69) is 20.1 Å². The van der Waals surface area contributed by atoms with Crippen molar-refractivity contribution in [2.75, 3.05) is 66.7 Å². The van der Waals surface area contributed by atoms with Crippen molar-refractivity contribution in [3.8, 4) is 0 Å². The first-order valence-corrected chi connectivity index (χ1v) is 11.2. The molecule has 3 fully saturated rings. The van der Waals surface area contributed by atoms with Crippen molar-refractivity contribution in [2.24, 2.45) is 4.99 Å². The molecule has 28 heavy (non-hydrogen) atoms. The lowest BCUT2D eigenvalue weighted by molar-refractivity contribution is -0.0721. The van der Waals surface area contributed by atoms with Gasteiger partial charge >= 0.3 is 0 Å². The van der Waals surface area contributed by atoms with Crippen LogP contribution in [0, 0.1) is 0 Å². The lowest BCUT2D eigenvalue weighted by Gasteiger charge is -2.35. The summed E-state index contributed by atoms with van der Waals surface area (Å²) in [6.45, 7) is 7.66. The van der Waals surface area contributed by atoms with E-state index in [0.29, 0.717) is 18.2 Å². The van der Waals surface area contributed by atoms with Crippen LogP contribution in [0.3, 0.4) is 0 Å². The third-order valence-electron chi connectivity index (χ3n) is 6.32. The Balaban J connectivity index is 1.35. The van der Waals surface area contributed by atoms with Crippen LogP contribution in [0.2, 0.25) is 0 Å². The molecule has 0 amide bonds. The second-order valence-corrected chi connectivity index (χ2v) is 8.26. The molecule has 0 aromatic carbocycles. The molecule has 0 saturated carbocycles. The molecule has 0 aliphatic carbocycles. The Morgan fingerprint density at radius 1 is 1.11 bits per heavy atom. The molecule has 0 radical (unpaired) electrons. The highest BCUT2D eigenvalue weighted by atomic mass is 16.5. The lowest BCUT2D eigenvalue weighted by atomic mass is 10.1. The standard InChI is InChI=1S/C21H40N4O3/c1-22-21(23-16-18-6-5-10-24(18)13-15-26-2)25-11-8-19(9-12-25)28-17-20-7-3-4-14-27-20/h18-20H,3-17H2,1-2H3,(H,22,23). The molecule has 7 heteroatoms. The van der Waals surface area contributed by atoms with Crippen molar-refractivity contribution in [1.29, 1.82) is 0 Å². The zero-order valence-electron chi connectivity index (χ0n) is 17.9. The minimum absolute atomic E-state index is 0.314. The summed E-state index contributed by atoms with van der Waals surface area (Å²) in [5.41, 5.74) is 0. The van der Waals surface area contributed by atoms with E-state index in [1.807, 2.05) is 7.05 Å². The van der Waals surface area contributed by atoms with Gasteiger partial charge in [-0.25, -0.2) is 0 Å². The van der Waals surface area contributed by atoms with Crippen molar-refractivity contribution in [3.05, 3.63) is 0 Å². The van der Waals surface area contributed by atoms with E-state index in [1.54, 1.807) is 7.11 Å². The van der Waals surface area contributed by atoms with Gasteiger partial charge in [-0.2, -0.15) is 0 Å². The molecule has 3 rings (SSSR count). The Hall–Kier alpha value is -0.890. The summed E-state index contributed by atoms with van der Waals surface area (Å²) in [4.78, 5) is 9.45. The molecule has 3 aliphatic heterocycles. The summed E-state index contributed by atoms with van der Waals surface area (Å²) in [7, 11) is 3.67. The highest BCUT2D eigenvalue weighted by molar-refractivity contribution is 5.80. The van der Waals surface area contributed by atoms with Gasteiger partial charge < -0.3 is 24.4 Å². The summed E-state index contributed by atoms with van der Waals surface area (Å²) in [6, 6.07) is 0.586. The average molecular weight is 397 g/mol. The monoisotopic (exact) mass is 396 g/mol. The fourth-order valence-corrected chi connectivity index (χ4v) is 4.59. The SMILES string of the molecule is CN=C(NCC1CCCN1CCOC)N1CCC(OCC2CCCCO2)CC1. The first-order chi connectivity index (χ1) is 13.8. The lowest BCUT2D eigenvalue weighted by Crippen LogP contribution is -2.50. The molecule has 0 aromatic rings. The molecule has 2 unspecified atom stereocenters. The summed E-state index contributed by atoms with van der Waals surface area (Å²) >= 11 is 0. The number of hydrogen-bond acceptors (Lipinski definition) is 5. The van der Waals surface area contributed by atoms with Crippen LogP contribution >= 0.6 is 0 Å². The van der Waals surface area contributed by atoms with E-state index in [-0.39, 0.29) is 0 Å². The predicted molar refractivity (Wildman–Crippen MR) is 112 cm³/mol. The highest BCUT2D eigenvalue weighted by Gasteiger charge is 2.27. The molecule has 3 aliphatic rings. The van der Waals surface area contributed by atoms with Crippen LogP contribution < -0.4 is 5.32 Å². The van der Waals surface area contributed by atoms with Gasteiger partial charge in [-0.3, -0.25) is 9.89 Å². The van der Waals surface area contributed by atoms with Crippen LogP contribution in [-0.4, -0.2) is 101 Å². The smallest absolute Gasteiger partial charge is 0.193 e. The maximum Gasteiger partial charge on any atom is 0.193 e. The van der Waals surface area contributed by atoms with Gasteiger partial charge in [0.2, 0.25) is 0 Å². The van der Waals surface area contributed by atoms with Crippen LogP contribution in [0.15, 0.2) is 4.99 Å². The van der Waals surface area contributed by atoms with Gasteiger partial charge in [-0.15, -0.1) is 0 Å². The van der Waals surface area contributed by atoms with E-state index in [1.165, 1.54) is 32.2 Å². The molecule has 2 atom stereocenters. The van der Waals surface area contributed by atoms with Crippen LogP contribution in [0.25, 0.3) is 0 Å². The van der Waals surface area contributed by atoms with Gasteiger partial charge in [0.15, 0.2) is 5.96 Å². The van der Waals surface area contributed by atoms with Gasteiger partial charge in [0.25, 0.3) is 0 Å². The number of nitrogens with zero attached hydrogens (tertiary/aromatic N) is 3. The summed E-state index contributed by atoms with van der Waals surface area (Å²) < 4.78 is 17.2. The van der Waals surface area contributed by atoms with Crippen LogP contribution in [0.5, 0.6) is 0 Å². The molecule has 7 nitrogen and oxygen atoms in total. The first kappa shape index (κ1) is 21.8. The fourth-order valence-electron chi connectivity index (χ4n) is 4.59. The molecule has 162 valence electrons. The molecule has 0 bridgehead atoms. The second-order valence-electron chi connectivity index (χ2n) is 8.26. The second kappa shape index (κ2) is 12.0. The average Bonchev–Trinajstić information content (AvgIpc) is 3.20. The summed E-state index contributed by atoms with van der Waals surface area (Å²) in [6.07, 6.45) is 8.97. The van der Waals surface area contributed by atoms with Crippen LogP contribution in [0.1, 0.15) is 44.9 Å². The van der Waals surface area contributed by atoms with E-state index < -0.39 is 0 Å². The van der Waals surface area contributed by atoms with Gasteiger partial charge in [0, 0.05) is 53.0 Å². The number of nitrogens with one attached hydrogen (secondary N) is 1. The van der Waals surface area contributed by atoms with Gasteiger partial charge in [0.1, 0.15) is 0 Å². The Morgan fingerprint density at radius 2 is 1.96 bits per heavy atom. The number of hydrogen-bond donors (Lipinski definition) is 1. The number of rotatable bonds is 8. The van der Waals surface area contributed by atoms with Gasteiger partial charge in [-0.1, -0.05) is 0 Å². The molecule has 0 spiro atoms. The number of likely N-dealkylation sites (tertiary alicyclic amines) is 2. The van der Waals surface area contributed by atoms with Crippen molar-refractivity contribution < 1.29 is 14.2 Å². The van der Waals surface area contributed by atoms with Crippen molar-refractivity contribution >= 4 is 5.96 Å². The summed E-state index contributed by atoms with van der Waals surface area (Å²) in [5, 5.41) is 3.62. The zero-order valence-corrected chi connectivity index (χ0v) is 17.9. The Bertz CT molecular complexity index is 463. The van der Waals surface area contributed by atoms with E-state index in [4.69, 9.17) is 14.2 Å². The Morgan fingerprint density at radius 3 is 2.68 bits per heavy atom. The van der Waals surface area contributed by atoms with E-state index in [0.717, 1.165) is 71.2 Å². The normalized spacial score (nSPS) is 28.1. The maximum atomic E-state index is 6.15. The topological polar surface area (TPSA) is 58.6 Å². The van der Waals surface area contributed by atoms with Crippen molar-refractivity contribution in [1.82, 2.24) is 15.1 Å². The number of methoxy groups -OCH3 is 1. The molecular weight excluding hydrogens is 356 g/mol. The maximum absolute atomic E-state index is 6.15. The first-order valence-electron chi connectivity index (χ1n) is 11.2. The van der Waals surface area contributed by atoms with E-state index in [9.17, 15) is 0 Å². The fraction of sp³-hybridized carbons (Fsp3) is 0.952. The third kappa shape index (κ3) is 6.58. The zero-order chi connectivity index (χ0) is 19.6. The van der Waals surface area contributed by atoms with Crippen LogP contribution in [-0.2, 0) is 14.2 Å². The van der Waals surface area contributed by atoms with Gasteiger partial charge in [0.05, 0.1) is 25.4 Å². The van der Waals surface area contributed by atoms with Crippen molar-refractivity contribution in [3.63, 3.8) is 0 Å². The van der Waals surface area contributed by atoms with Gasteiger partial charge in [-0.05, 0) is 51.5 Å². The predicted octanol–water partition coefficient (Wildman–Crippen LogP) is 1.72. The summed E-state index contributed by atoms with van der Waals surface area (Å²) in [5.74, 6) is 1.03. The highest BCUT2D eigenvalue weighted by Crippen LogP contribution is 2.19. The van der Waals surface area contributed by atoms with E-state index >= 15 is 0 Å². The molecule has 3 saturated heterocycles. The molecule has 3 heterocycles. The minimum atomic E-state index is 0.314. The molecular formula is C21H40N4O3. The number of guanidine groups is 1. The van der Waals surface area contributed by atoms with Crippen molar-refractivity contribution in [2.45, 2.75) is 63.2 Å². The number of aliphatic imine (C=N–C) groups is 1.